The van der Waals surface area contributed by atoms with Crippen molar-refractivity contribution in [1.82, 2.24) is 30.4 Å². The maximum atomic E-state index is 8.41. The normalized spacial score (nSPS) is 9.22. The Bertz CT molecular complexity index is 457. The van der Waals surface area contributed by atoms with Crippen LogP contribution in [0.1, 0.15) is 5.69 Å². The maximum Gasteiger partial charge on any atom is 0.229 e. The maximum absolute atomic E-state index is 8.41. The van der Waals surface area contributed by atoms with Gasteiger partial charge in [-0.2, -0.15) is 15.0 Å². The highest BCUT2D eigenvalue weighted by Crippen LogP contribution is 2.00. The van der Waals surface area contributed by atoms with Crippen LogP contribution in [0.15, 0.2) is 12.3 Å². The summed E-state index contributed by atoms with van der Waals surface area (Å²) in [6.45, 7) is -0.0739. The first kappa shape index (κ1) is 13.4. The summed E-state index contributed by atoms with van der Waals surface area (Å²) in [6.07, 6.45) is 1.48. The Morgan fingerprint density at radius 2 is 1.89 bits per heavy atom. The van der Waals surface area contributed by atoms with Gasteiger partial charge in [-0.3, -0.25) is 0 Å². The van der Waals surface area contributed by atoms with Crippen LogP contribution in [0.3, 0.4) is 0 Å². The van der Waals surface area contributed by atoms with E-state index in [0.29, 0.717) is 11.6 Å². The Morgan fingerprint density at radius 1 is 1.22 bits per heavy atom. The van der Waals surface area contributed by atoms with Gasteiger partial charge in [-0.1, -0.05) is 0 Å². The largest absolute Gasteiger partial charge is 0.390 e. The molecule has 0 unspecified atom stereocenters. The number of hydrogen-bond donors (Lipinski definition) is 4. The predicted molar refractivity (Wildman–Crippen MR) is 63.9 cm³/mol. The van der Waals surface area contributed by atoms with Gasteiger partial charge in [-0.05, 0) is 11.3 Å². The second-order valence-corrected chi connectivity index (χ2v) is 2.90. The highest BCUT2D eigenvalue weighted by molar-refractivity contribution is 5.36. The van der Waals surface area contributed by atoms with Crippen molar-refractivity contribution < 1.29 is 5.11 Å². The van der Waals surface area contributed by atoms with E-state index in [1.54, 1.807) is 13.1 Å². The van der Waals surface area contributed by atoms with Crippen LogP contribution in [0.25, 0.3) is 0 Å². The van der Waals surface area contributed by atoms with Crippen molar-refractivity contribution in [3.63, 3.8) is 0 Å². The molecule has 0 atom stereocenters. The van der Waals surface area contributed by atoms with Crippen LogP contribution in [0.4, 0.5) is 17.8 Å². The summed E-state index contributed by atoms with van der Waals surface area (Å²) >= 11 is 0. The topological polar surface area (TPSA) is 162 Å². The molecule has 0 fully saturated rings. The summed E-state index contributed by atoms with van der Waals surface area (Å²) in [5.74, 6) is 0.624. The SMILES string of the molecule is CNc1nc(N)nc(N)n1.OCc1ccnnn1. The molecule has 0 saturated heterocycles. The second kappa shape index (κ2) is 6.85. The fourth-order valence-electron chi connectivity index (χ4n) is 0.871. The van der Waals surface area contributed by atoms with Gasteiger partial charge in [-0.15, -0.1) is 10.2 Å². The molecule has 0 saturated carbocycles. The third kappa shape index (κ3) is 4.49. The van der Waals surface area contributed by atoms with E-state index in [4.69, 9.17) is 16.6 Å². The van der Waals surface area contributed by atoms with Crippen LogP contribution in [0.2, 0.25) is 0 Å². The summed E-state index contributed by atoms with van der Waals surface area (Å²) < 4.78 is 0. The Labute approximate surface area is 103 Å². The standard InChI is InChI=1S/C4H8N6.C4H5N3O/c1-7-4-9-2(5)8-3(6)10-4;8-3-4-1-2-5-7-6-4/h1H3,(H5,5,6,7,8,9,10);1-2,8H,3H2. The minimum Gasteiger partial charge on any atom is -0.390 e. The Morgan fingerprint density at radius 3 is 2.28 bits per heavy atom. The van der Waals surface area contributed by atoms with Crippen molar-refractivity contribution >= 4 is 17.8 Å². The molecule has 6 N–H and O–H groups in total. The quantitative estimate of drug-likeness (QED) is 0.491. The fourth-order valence-corrected chi connectivity index (χ4v) is 0.871. The smallest absolute Gasteiger partial charge is 0.229 e. The van der Waals surface area contributed by atoms with Crippen LogP contribution >= 0.6 is 0 Å². The van der Waals surface area contributed by atoms with E-state index in [0.717, 1.165) is 0 Å². The van der Waals surface area contributed by atoms with Crippen LogP contribution in [0, 0.1) is 0 Å². The van der Waals surface area contributed by atoms with Crippen LogP contribution in [0.5, 0.6) is 0 Å². The Hall–Kier alpha value is -2.62. The highest BCUT2D eigenvalue weighted by atomic mass is 16.3. The first-order valence-electron chi connectivity index (χ1n) is 4.84. The van der Waals surface area contributed by atoms with Gasteiger partial charge in [0.1, 0.15) is 0 Å². The van der Waals surface area contributed by atoms with Gasteiger partial charge in [0.15, 0.2) is 0 Å². The van der Waals surface area contributed by atoms with E-state index in [1.165, 1.54) is 6.20 Å². The predicted octanol–water partition coefficient (Wildman–Crippen LogP) is -1.56. The molecule has 2 rings (SSSR count). The number of aliphatic hydroxyl groups is 1. The van der Waals surface area contributed by atoms with Crippen molar-refractivity contribution in [2.45, 2.75) is 6.61 Å². The van der Waals surface area contributed by atoms with Crippen LogP contribution < -0.4 is 16.8 Å². The lowest BCUT2D eigenvalue weighted by Gasteiger charge is -1.98. The minimum atomic E-state index is -0.0739. The lowest BCUT2D eigenvalue weighted by atomic mass is 10.5. The number of aliphatic hydroxyl groups excluding tert-OH is 1. The summed E-state index contributed by atoms with van der Waals surface area (Å²) in [5, 5.41) is 21.3. The number of aromatic nitrogens is 6. The van der Waals surface area contributed by atoms with E-state index in [2.05, 4.69) is 35.7 Å². The molecule has 0 aliphatic carbocycles. The van der Waals surface area contributed by atoms with Gasteiger partial charge >= 0.3 is 0 Å². The summed E-state index contributed by atoms with van der Waals surface area (Å²) in [5.41, 5.74) is 11.0. The molecule has 10 heteroatoms. The lowest BCUT2D eigenvalue weighted by Crippen LogP contribution is -2.06. The minimum absolute atomic E-state index is 0.0739. The third-order valence-corrected chi connectivity index (χ3v) is 1.61. The molecule has 0 aromatic carbocycles. The molecule has 0 amide bonds. The van der Waals surface area contributed by atoms with Gasteiger partial charge < -0.3 is 21.9 Å². The molecule has 18 heavy (non-hydrogen) atoms. The van der Waals surface area contributed by atoms with Crippen molar-refractivity contribution in [3.05, 3.63) is 18.0 Å². The van der Waals surface area contributed by atoms with Gasteiger partial charge in [0.05, 0.1) is 18.5 Å². The van der Waals surface area contributed by atoms with E-state index in [9.17, 15) is 0 Å². The van der Waals surface area contributed by atoms with Crippen LogP contribution in [-0.2, 0) is 6.61 Å². The molecule has 0 radical (unpaired) electrons. The summed E-state index contributed by atoms with van der Waals surface area (Å²) in [7, 11) is 1.67. The zero-order valence-electron chi connectivity index (χ0n) is 9.65. The molecule has 10 nitrogen and oxygen atoms in total. The molecule has 0 aliphatic rings. The number of nitrogens with one attached hydrogen (secondary N) is 1. The zero-order chi connectivity index (χ0) is 13.4. The molecule has 2 aromatic rings. The molecule has 0 aliphatic heterocycles. The molecule has 2 aromatic heterocycles. The molecular weight excluding hydrogens is 238 g/mol. The van der Waals surface area contributed by atoms with Gasteiger partial charge in [0, 0.05) is 7.05 Å². The molecule has 96 valence electrons. The number of nitrogen functional groups attached to an aromatic ring is 2. The van der Waals surface area contributed by atoms with Crippen LogP contribution in [-0.4, -0.2) is 42.5 Å². The first-order valence-corrected chi connectivity index (χ1v) is 4.84. The van der Waals surface area contributed by atoms with Crippen molar-refractivity contribution in [3.8, 4) is 0 Å². The Kier molecular flexibility index (Phi) is 5.12. The van der Waals surface area contributed by atoms with Crippen molar-refractivity contribution in [1.29, 1.82) is 0 Å². The third-order valence-electron chi connectivity index (χ3n) is 1.61. The number of anilines is 3. The first-order chi connectivity index (χ1) is 8.65. The van der Waals surface area contributed by atoms with Crippen molar-refractivity contribution in [2.75, 3.05) is 23.8 Å². The monoisotopic (exact) mass is 251 g/mol. The summed E-state index contributed by atoms with van der Waals surface area (Å²) in [4.78, 5) is 11.0. The number of nitrogens with zero attached hydrogens (tertiary/aromatic N) is 6. The number of rotatable bonds is 2. The average Bonchev–Trinajstić information content (AvgIpc) is 2.39. The Balaban J connectivity index is 0.000000184. The molecule has 0 bridgehead atoms. The van der Waals surface area contributed by atoms with E-state index in [-0.39, 0.29) is 18.5 Å². The van der Waals surface area contributed by atoms with Crippen molar-refractivity contribution in [2.24, 2.45) is 0 Å². The van der Waals surface area contributed by atoms with E-state index < -0.39 is 0 Å². The highest BCUT2D eigenvalue weighted by Gasteiger charge is 1.96. The fraction of sp³-hybridized carbons (Fsp3) is 0.250. The number of nitrogens with two attached hydrogens (primary N) is 2. The van der Waals surface area contributed by atoms with E-state index in [1.807, 2.05) is 0 Å². The van der Waals surface area contributed by atoms with Gasteiger partial charge in [0.25, 0.3) is 0 Å². The summed E-state index contributed by atoms with van der Waals surface area (Å²) in [6, 6.07) is 1.60. The number of hydrogen-bond acceptors (Lipinski definition) is 10. The van der Waals surface area contributed by atoms with E-state index >= 15 is 0 Å². The molecule has 0 spiro atoms. The average molecular weight is 251 g/mol. The molecular formula is C8H13N9O. The van der Waals surface area contributed by atoms with Gasteiger partial charge in [-0.25, -0.2) is 0 Å². The zero-order valence-corrected chi connectivity index (χ0v) is 9.65. The second-order valence-electron chi connectivity index (χ2n) is 2.90. The lowest BCUT2D eigenvalue weighted by molar-refractivity contribution is 0.274. The van der Waals surface area contributed by atoms with Gasteiger partial charge in [0.2, 0.25) is 17.8 Å². The molecule has 2 heterocycles.